The summed E-state index contributed by atoms with van der Waals surface area (Å²) in [5.74, 6) is 0. The minimum Gasteiger partial charge on any atom is -0.310 e. The lowest BCUT2D eigenvalue weighted by atomic mass is 9.98. The number of hydrogen-bond donors (Lipinski definition) is 0. The molecule has 0 aliphatic heterocycles. The van der Waals surface area contributed by atoms with Crippen molar-refractivity contribution in [3.8, 4) is 11.1 Å². The first-order chi connectivity index (χ1) is 22.3. The predicted octanol–water partition coefficient (Wildman–Crippen LogP) is 12.7. The van der Waals surface area contributed by atoms with E-state index in [1.165, 1.54) is 67.3 Å². The highest BCUT2D eigenvalue weighted by molar-refractivity contribution is 5.83. The summed E-state index contributed by atoms with van der Waals surface area (Å²) in [7, 11) is 0. The van der Waals surface area contributed by atoms with Crippen LogP contribution in [0.15, 0.2) is 133 Å². The third kappa shape index (κ3) is 6.48. The Kier molecular flexibility index (Phi) is 9.08. The molecule has 0 unspecified atom stereocenters. The van der Waals surface area contributed by atoms with Crippen LogP contribution in [0.4, 0.5) is 34.1 Å². The van der Waals surface area contributed by atoms with Crippen molar-refractivity contribution in [3.05, 3.63) is 167 Å². The molecule has 0 atom stereocenters. The zero-order valence-electron chi connectivity index (χ0n) is 28.0. The number of aryl methyl sites for hydroxylation is 6. The van der Waals surface area contributed by atoms with Crippen molar-refractivity contribution in [2.45, 2.75) is 54.4 Å². The van der Waals surface area contributed by atoms with E-state index in [1.807, 2.05) is 0 Å². The summed E-state index contributed by atoms with van der Waals surface area (Å²) in [4.78, 5) is 4.74. The number of rotatable bonds is 9. The summed E-state index contributed by atoms with van der Waals surface area (Å²) in [5, 5.41) is 0. The van der Waals surface area contributed by atoms with E-state index in [0.717, 1.165) is 24.2 Å². The van der Waals surface area contributed by atoms with Crippen LogP contribution < -0.4 is 9.80 Å². The van der Waals surface area contributed by atoms with E-state index in [2.05, 4.69) is 185 Å². The molecule has 0 fully saturated rings. The highest BCUT2D eigenvalue weighted by Crippen LogP contribution is 2.41. The zero-order chi connectivity index (χ0) is 32.2. The Balaban J connectivity index is 1.37. The molecule has 0 heterocycles. The lowest BCUT2D eigenvalue weighted by molar-refractivity contribution is 1.13. The van der Waals surface area contributed by atoms with Crippen LogP contribution in [0.5, 0.6) is 0 Å². The summed E-state index contributed by atoms with van der Waals surface area (Å²) in [6, 6.07) is 49.3. The van der Waals surface area contributed by atoms with Gasteiger partial charge in [-0.2, -0.15) is 0 Å². The van der Waals surface area contributed by atoms with Gasteiger partial charge in [-0.15, -0.1) is 0 Å². The standard InChI is InChI=1S/C44H44N2/c1-7-35-13-23-41(24-14-35)46(42-25-15-36(8-2)16-26-42)44-28-18-38(30-34(44)6)37-17-27-43(33(5)29-37)45(39-19-9-31(3)10-20-39)40-21-11-32(4)12-22-40/h9-30H,7-8H2,1-6H3. The number of hydrogen-bond acceptors (Lipinski definition) is 2. The zero-order valence-corrected chi connectivity index (χ0v) is 28.0. The SMILES string of the molecule is CCc1ccc(N(c2ccc(CC)cc2)c2ccc(-c3ccc(N(c4ccc(C)cc4)c4ccc(C)cc4)c(C)c3)cc2C)cc1. The Morgan fingerprint density at radius 2 is 0.674 bits per heavy atom. The van der Waals surface area contributed by atoms with Gasteiger partial charge >= 0.3 is 0 Å². The number of anilines is 6. The van der Waals surface area contributed by atoms with Gasteiger partial charge < -0.3 is 9.80 Å². The fourth-order valence-electron chi connectivity index (χ4n) is 6.18. The highest BCUT2D eigenvalue weighted by atomic mass is 15.1. The molecule has 46 heavy (non-hydrogen) atoms. The number of nitrogens with zero attached hydrogens (tertiary/aromatic N) is 2. The number of benzene rings is 6. The minimum absolute atomic E-state index is 1.03. The second-order valence-corrected chi connectivity index (χ2v) is 12.4. The first kappa shape index (κ1) is 30.9. The lowest BCUT2D eigenvalue weighted by Gasteiger charge is -2.28. The molecule has 0 aromatic heterocycles. The van der Waals surface area contributed by atoms with Crippen molar-refractivity contribution < 1.29 is 0 Å². The molecule has 6 rings (SSSR count). The van der Waals surface area contributed by atoms with E-state index in [-0.39, 0.29) is 0 Å². The molecule has 0 saturated heterocycles. The van der Waals surface area contributed by atoms with Crippen LogP contribution in [0.25, 0.3) is 11.1 Å². The molecule has 6 aromatic carbocycles. The summed E-state index contributed by atoms with van der Waals surface area (Å²) in [6.07, 6.45) is 2.07. The summed E-state index contributed by atoms with van der Waals surface area (Å²) in [5.41, 5.74) is 17.1. The van der Waals surface area contributed by atoms with Gasteiger partial charge in [-0.1, -0.05) is 85.6 Å². The van der Waals surface area contributed by atoms with Crippen molar-refractivity contribution in [1.29, 1.82) is 0 Å². The molecule has 0 aliphatic rings. The summed E-state index contributed by atoms with van der Waals surface area (Å²) < 4.78 is 0. The minimum atomic E-state index is 1.03. The maximum atomic E-state index is 2.38. The Morgan fingerprint density at radius 1 is 0.370 bits per heavy atom. The highest BCUT2D eigenvalue weighted by Gasteiger charge is 2.18. The second-order valence-electron chi connectivity index (χ2n) is 12.4. The van der Waals surface area contributed by atoms with Gasteiger partial charge in [0.15, 0.2) is 0 Å². The fourth-order valence-corrected chi connectivity index (χ4v) is 6.18. The average molecular weight is 601 g/mol. The van der Waals surface area contributed by atoms with Crippen LogP contribution in [-0.4, -0.2) is 0 Å². The molecule has 2 heteroatoms. The first-order valence-corrected chi connectivity index (χ1v) is 16.5. The Bertz CT molecular complexity index is 1820. The third-order valence-corrected chi connectivity index (χ3v) is 9.00. The van der Waals surface area contributed by atoms with Gasteiger partial charge in [-0.05, 0) is 147 Å². The quantitative estimate of drug-likeness (QED) is 0.163. The molecule has 0 amide bonds. The average Bonchev–Trinajstić information content (AvgIpc) is 3.08. The van der Waals surface area contributed by atoms with E-state index in [1.54, 1.807) is 0 Å². The molecular weight excluding hydrogens is 556 g/mol. The van der Waals surface area contributed by atoms with Gasteiger partial charge in [-0.25, -0.2) is 0 Å². The van der Waals surface area contributed by atoms with Gasteiger partial charge in [0.1, 0.15) is 0 Å². The van der Waals surface area contributed by atoms with E-state index in [0.29, 0.717) is 0 Å². The molecule has 0 spiro atoms. The molecule has 0 N–H and O–H groups in total. The van der Waals surface area contributed by atoms with Gasteiger partial charge in [0.05, 0.1) is 0 Å². The Morgan fingerprint density at radius 3 is 0.957 bits per heavy atom. The fraction of sp³-hybridized carbons (Fsp3) is 0.182. The van der Waals surface area contributed by atoms with E-state index in [4.69, 9.17) is 0 Å². The molecule has 2 nitrogen and oxygen atoms in total. The molecule has 0 radical (unpaired) electrons. The van der Waals surface area contributed by atoms with Crippen LogP contribution in [0.2, 0.25) is 0 Å². The monoisotopic (exact) mass is 600 g/mol. The van der Waals surface area contributed by atoms with E-state index in [9.17, 15) is 0 Å². The molecule has 0 aliphatic carbocycles. The van der Waals surface area contributed by atoms with Crippen molar-refractivity contribution in [2.75, 3.05) is 9.80 Å². The Labute approximate surface area is 275 Å². The van der Waals surface area contributed by atoms with Gasteiger partial charge in [0.2, 0.25) is 0 Å². The molecule has 0 saturated carbocycles. The van der Waals surface area contributed by atoms with E-state index < -0.39 is 0 Å². The molecular formula is C44H44N2. The smallest absolute Gasteiger partial charge is 0.0491 e. The van der Waals surface area contributed by atoms with Crippen LogP contribution in [-0.2, 0) is 12.8 Å². The van der Waals surface area contributed by atoms with Crippen molar-refractivity contribution in [3.63, 3.8) is 0 Å². The summed E-state index contributed by atoms with van der Waals surface area (Å²) in [6.45, 7) is 13.1. The molecule has 6 aromatic rings. The lowest BCUT2D eigenvalue weighted by Crippen LogP contribution is -2.12. The maximum absolute atomic E-state index is 2.38. The van der Waals surface area contributed by atoms with Gasteiger partial charge in [0.25, 0.3) is 0 Å². The van der Waals surface area contributed by atoms with Crippen LogP contribution in [0.1, 0.15) is 47.2 Å². The van der Waals surface area contributed by atoms with Crippen molar-refractivity contribution in [2.24, 2.45) is 0 Å². The van der Waals surface area contributed by atoms with Crippen molar-refractivity contribution >= 4 is 34.1 Å². The maximum Gasteiger partial charge on any atom is 0.0491 e. The topological polar surface area (TPSA) is 6.48 Å². The van der Waals surface area contributed by atoms with E-state index >= 15 is 0 Å². The second kappa shape index (κ2) is 13.5. The molecule has 230 valence electrons. The third-order valence-electron chi connectivity index (χ3n) is 9.00. The van der Waals surface area contributed by atoms with Gasteiger partial charge in [-0.3, -0.25) is 0 Å². The largest absolute Gasteiger partial charge is 0.310 e. The van der Waals surface area contributed by atoms with Crippen LogP contribution >= 0.6 is 0 Å². The van der Waals surface area contributed by atoms with Crippen LogP contribution in [0.3, 0.4) is 0 Å². The predicted molar refractivity (Wildman–Crippen MR) is 199 cm³/mol. The normalized spacial score (nSPS) is 11.0. The Hall–Kier alpha value is -5.08. The first-order valence-electron chi connectivity index (χ1n) is 16.5. The van der Waals surface area contributed by atoms with Crippen molar-refractivity contribution in [1.82, 2.24) is 0 Å². The van der Waals surface area contributed by atoms with Gasteiger partial charge in [0, 0.05) is 34.1 Å². The molecule has 0 bridgehead atoms. The summed E-state index contributed by atoms with van der Waals surface area (Å²) >= 11 is 0. The van der Waals surface area contributed by atoms with Crippen LogP contribution in [0, 0.1) is 27.7 Å².